The van der Waals surface area contributed by atoms with E-state index in [-0.39, 0.29) is 41.2 Å². The molecule has 0 saturated carbocycles. The maximum Gasteiger partial charge on any atom is 0.269 e. The van der Waals surface area contributed by atoms with Crippen LogP contribution in [0.15, 0.2) is 47.2 Å². The molecule has 0 aromatic heterocycles. The highest BCUT2D eigenvalue weighted by Crippen LogP contribution is 2.55. The Balaban J connectivity index is 2.23. The van der Waals surface area contributed by atoms with Gasteiger partial charge in [-0.25, -0.2) is 0 Å². The van der Waals surface area contributed by atoms with E-state index in [1.165, 1.54) is 24.3 Å². The number of nitriles is 2. The number of nitrogens with zero attached hydrogens (tertiary/aromatic N) is 3. The van der Waals surface area contributed by atoms with E-state index in [2.05, 4.69) is 12.1 Å². The lowest BCUT2D eigenvalue weighted by Gasteiger charge is -2.41. The van der Waals surface area contributed by atoms with E-state index in [1.54, 1.807) is 6.08 Å². The van der Waals surface area contributed by atoms with Crippen molar-refractivity contribution in [1.82, 2.24) is 0 Å². The molecule has 7 heteroatoms. The van der Waals surface area contributed by atoms with Crippen molar-refractivity contribution in [1.29, 1.82) is 10.5 Å². The number of fused-ring (bicyclic) bond motifs is 1. The van der Waals surface area contributed by atoms with Gasteiger partial charge in [0.15, 0.2) is 11.2 Å². The molecule has 1 N–H and O–H groups in total. The maximum absolute atomic E-state index is 12.6. The number of aliphatic hydroxyl groups is 1. The zero-order valence-electron chi connectivity index (χ0n) is 14.9. The van der Waals surface area contributed by atoms with Crippen LogP contribution >= 0.6 is 0 Å². The van der Waals surface area contributed by atoms with E-state index < -0.39 is 21.7 Å². The first-order chi connectivity index (χ1) is 12.6. The Hall–Kier alpha value is -3.45. The predicted octanol–water partition coefficient (Wildman–Crippen LogP) is 3.85. The van der Waals surface area contributed by atoms with Gasteiger partial charge in [0.05, 0.1) is 22.6 Å². The lowest BCUT2D eigenvalue weighted by Crippen LogP contribution is -2.39. The molecular formula is C20H17N3O4. The molecule has 0 fully saturated rings. The molecule has 0 spiro atoms. The van der Waals surface area contributed by atoms with Gasteiger partial charge in [0.1, 0.15) is 5.76 Å². The second kappa shape index (κ2) is 6.07. The highest BCUT2D eigenvalue weighted by molar-refractivity contribution is 6.03. The third-order valence-electron chi connectivity index (χ3n) is 5.19. The molecular weight excluding hydrogens is 346 g/mol. The summed E-state index contributed by atoms with van der Waals surface area (Å²) in [5.41, 5.74) is -1.50. The number of non-ortho nitro benzene ring substituents is 1. The lowest BCUT2D eigenvalue weighted by molar-refractivity contribution is -0.384. The number of benzene rings is 1. The van der Waals surface area contributed by atoms with Crippen LogP contribution in [-0.2, 0) is 4.79 Å². The van der Waals surface area contributed by atoms with E-state index in [9.17, 15) is 30.5 Å². The summed E-state index contributed by atoms with van der Waals surface area (Å²) in [6.45, 7) is 3.67. The van der Waals surface area contributed by atoms with Gasteiger partial charge < -0.3 is 5.11 Å². The van der Waals surface area contributed by atoms with Crippen molar-refractivity contribution in [3.63, 3.8) is 0 Å². The van der Waals surface area contributed by atoms with E-state index in [0.717, 1.165) is 0 Å². The summed E-state index contributed by atoms with van der Waals surface area (Å²) in [5.74, 6) is -1.18. The molecule has 1 atom stereocenters. The summed E-state index contributed by atoms with van der Waals surface area (Å²) in [5, 5.41) is 41.3. The molecule has 0 aliphatic heterocycles. The zero-order chi connectivity index (χ0) is 20.0. The fourth-order valence-electron chi connectivity index (χ4n) is 3.93. The molecule has 0 amide bonds. The summed E-state index contributed by atoms with van der Waals surface area (Å²) in [6.07, 6.45) is 1.85. The SMILES string of the molecule is CC1(C)C=C2C(=C(O)CC(c3ccc([N+](=O)[O-])cc3)C2(C#N)C#N)C(=O)C1. The third-order valence-corrected chi connectivity index (χ3v) is 5.19. The van der Waals surface area contributed by atoms with E-state index in [1.807, 2.05) is 13.8 Å². The molecule has 0 bridgehead atoms. The number of Topliss-reactive ketones (excluding diaryl/α,β-unsaturated/α-hetero) is 1. The van der Waals surface area contributed by atoms with Crippen molar-refractivity contribution in [2.75, 3.05) is 0 Å². The summed E-state index contributed by atoms with van der Waals surface area (Å²) >= 11 is 0. The van der Waals surface area contributed by atoms with Gasteiger partial charge in [0, 0.05) is 30.9 Å². The quantitative estimate of drug-likeness (QED) is 0.627. The number of nitro groups is 1. The minimum Gasteiger partial charge on any atom is -0.512 e. The largest absolute Gasteiger partial charge is 0.512 e. The second-order valence-electron chi connectivity index (χ2n) is 7.61. The molecule has 3 rings (SSSR count). The number of allylic oxidation sites excluding steroid dienone is 4. The highest BCUT2D eigenvalue weighted by atomic mass is 16.6. The van der Waals surface area contributed by atoms with Crippen LogP contribution in [0.3, 0.4) is 0 Å². The third kappa shape index (κ3) is 2.78. The van der Waals surface area contributed by atoms with Crippen LogP contribution in [0.4, 0.5) is 5.69 Å². The molecule has 27 heavy (non-hydrogen) atoms. The van der Waals surface area contributed by atoms with E-state index in [0.29, 0.717) is 5.56 Å². The number of hydrogen-bond acceptors (Lipinski definition) is 6. The number of ketones is 1. The van der Waals surface area contributed by atoms with Crippen molar-refractivity contribution < 1.29 is 14.8 Å². The van der Waals surface area contributed by atoms with Crippen LogP contribution in [0.5, 0.6) is 0 Å². The first-order valence-electron chi connectivity index (χ1n) is 8.41. The molecule has 2 aliphatic carbocycles. The van der Waals surface area contributed by atoms with Gasteiger partial charge in [-0.3, -0.25) is 14.9 Å². The van der Waals surface area contributed by atoms with Gasteiger partial charge >= 0.3 is 0 Å². The van der Waals surface area contributed by atoms with Crippen molar-refractivity contribution >= 4 is 11.5 Å². The number of rotatable bonds is 2. The summed E-state index contributed by atoms with van der Waals surface area (Å²) in [4.78, 5) is 22.9. The zero-order valence-corrected chi connectivity index (χ0v) is 14.9. The molecule has 2 aliphatic rings. The first-order valence-corrected chi connectivity index (χ1v) is 8.41. The van der Waals surface area contributed by atoms with Crippen LogP contribution < -0.4 is 0 Å². The van der Waals surface area contributed by atoms with Crippen LogP contribution in [0.2, 0.25) is 0 Å². The van der Waals surface area contributed by atoms with Crippen molar-refractivity contribution in [2.24, 2.45) is 10.8 Å². The minimum atomic E-state index is -1.66. The van der Waals surface area contributed by atoms with Gasteiger partial charge in [-0.15, -0.1) is 0 Å². The first kappa shape index (κ1) is 18.3. The lowest BCUT2D eigenvalue weighted by atomic mass is 9.58. The van der Waals surface area contributed by atoms with Crippen molar-refractivity contribution in [2.45, 2.75) is 32.6 Å². The normalized spacial score (nSPS) is 22.9. The molecule has 7 nitrogen and oxygen atoms in total. The van der Waals surface area contributed by atoms with E-state index in [4.69, 9.17) is 0 Å². The Kier molecular flexibility index (Phi) is 4.12. The van der Waals surface area contributed by atoms with Gasteiger partial charge in [0.2, 0.25) is 0 Å². The number of aliphatic hydroxyl groups excluding tert-OH is 1. The van der Waals surface area contributed by atoms with Gasteiger partial charge in [-0.1, -0.05) is 32.1 Å². The van der Waals surface area contributed by atoms with Gasteiger partial charge in [0.25, 0.3) is 5.69 Å². The van der Waals surface area contributed by atoms with E-state index >= 15 is 0 Å². The minimum absolute atomic E-state index is 0.0578. The molecule has 1 unspecified atom stereocenters. The Morgan fingerprint density at radius 1 is 1.22 bits per heavy atom. The highest BCUT2D eigenvalue weighted by Gasteiger charge is 2.53. The molecule has 0 radical (unpaired) electrons. The van der Waals surface area contributed by atoms with Gasteiger partial charge in [-0.2, -0.15) is 10.5 Å². The number of nitro benzene ring substituents is 1. The second-order valence-corrected chi connectivity index (χ2v) is 7.61. The summed E-state index contributed by atoms with van der Waals surface area (Å²) in [7, 11) is 0. The van der Waals surface area contributed by atoms with Crippen LogP contribution in [0.25, 0.3) is 0 Å². The molecule has 1 aromatic carbocycles. The monoisotopic (exact) mass is 363 g/mol. The van der Waals surface area contributed by atoms with Crippen LogP contribution in [-0.4, -0.2) is 15.8 Å². The average Bonchev–Trinajstić information content (AvgIpc) is 2.60. The Labute approximate surface area is 156 Å². The molecule has 0 heterocycles. The molecule has 1 aromatic rings. The Bertz CT molecular complexity index is 974. The van der Waals surface area contributed by atoms with Crippen molar-refractivity contribution in [3.05, 3.63) is 62.9 Å². The van der Waals surface area contributed by atoms with Crippen LogP contribution in [0, 0.1) is 43.6 Å². The van der Waals surface area contributed by atoms with Gasteiger partial charge in [-0.05, 0) is 16.6 Å². The number of carbonyl (C=O) groups is 1. The topological polar surface area (TPSA) is 128 Å². The maximum atomic E-state index is 12.6. The molecule has 0 saturated heterocycles. The predicted molar refractivity (Wildman–Crippen MR) is 95.3 cm³/mol. The Morgan fingerprint density at radius 2 is 1.81 bits per heavy atom. The standard InChI is InChI=1S/C20H17N3O4/c1-19(2)8-15-18(17(25)9-19)16(24)7-14(20(15,10-21)11-22)12-3-5-13(6-4-12)23(26)27/h3-6,8,14,24H,7,9H2,1-2H3. The summed E-state index contributed by atoms with van der Waals surface area (Å²) in [6, 6.07) is 9.72. The fourth-order valence-corrected chi connectivity index (χ4v) is 3.93. The van der Waals surface area contributed by atoms with Crippen LogP contribution in [0.1, 0.15) is 38.2 Å². The Morgan fingerprint density at radius 3 is 2.33 bits per heavy atom. The van der Waals surface area contributed by atoms with Crippen molar-refractivity contribution in [3.8, 4) is 12.1 Å². The molecule has 136 valence electrons. The summed E-state index contributed by atoms with van der Waals surface area (Å²) < 4.78 is 0. The smallest absolute Gasteiger partial charge is 0.269 e. The number of carbonyl (C=O) groups excluding carboxylic acids is 1. The number of hydrogen-bond donors (Lipinski definition) is 1. The average molecular weight is 363 g/mol. The fraction of sp³-hybridized carbons (Fsp3) is 0.350.